The number of rotatable bonds is 3. The number of methoxy groups -OCH3 is 1. The predicted molar refractivity (Wildman–Crippen MR) is 63.5 cm³/mol. The summed E-state index contributed by atoms with van der Waals surface area (Å²) in [5, 5.41) is 3.09. The Labute approximate surface area is 88.6 Å². The number of nitrogens with two attached hydrogens (primary N) is 1. The van der Waals surface area contributed by atoms with Gasteiger partial charge in [0.25, 0.3) is 0 Å². The molecule has 0 amide bonds. The second-order valence-corrected chi connectivity index (χ2v) is 3.09. The third-order valence-electron chi connectivity index (χ3n) is 1.74. The van der Waals surface area contributed by atoms with Gasteiger partial charge < -0.3 is 15.8 Å². The Morgan fingerprint density at radius 2 is 2.36 bits per heavy atom. The Morgan fingerprint density at radius 3 is 2.86 bits per heavy atom. The minimum absolute atomic E-state index is 0.235. The molecule has 3 nitrogen and oxygen atoms in total. The molecule has 0 fully saturated rings. The van der Waals surface area contributed by atoms with Gasteiger partial charge in [0, 0.05) is 11.3 Å². The number of anilines is 1. The first-order chi connectivity index (χ1) is 6.67. The van der Waals surface area contributed by atoms with Crippen molar-refractivity contribution in [3.8, 4) is 5.75 Å². The molecule has 0 saturated heterocycles. The molecule has 0 aliphatic heterocycles. The number of benzene rings is 1. The van der Waals surface area contributed by atoms with Gasteiger partial charge in [-0.1, -0.05) is 12.7 Å². The van der Waals surface area contributed by atoms with Gasteiger partial charge in [-0.05, 0) is 30.4 Å². The van der Waals surface area contributed by atoms with E-state index in [4.69, 9.17) is 22.7 Å². The van der Waals surface area contributed by atoms with Gasteiger partial charge in [-0.25, -0.2) is 0 Å². The first kappa shape index (κ1) is 10.5. The van der Waals surface area contributed by atoms with Crippen LogP contribution in [-0.2, 0) is 0 Å². The fourth-order valence-electron chi connectivity index (χ4n) is 1.08. The zero-order valence-corrected chi connectivity index (χ0v) is 8.73. The van der Waals surface area contributed by atoms with E-state index in [2.05, 4.69) is 11.9 Å². The molecular weight excluding hydrogens is 196 g/mol. The number of nitrogens with one attached hydrogen (secondary N) is 1. The van der Waals surface area contributed by atoms with Crippen molar-refractivity contribution in [2.24, 2.45) is 5.73 Å². The first-order valence-electron chi connectivity index (χ1n) is 4.04. The van der Waals surface area contributed by atoms with Crippen LogP contribution in [0.5, 0.6) is 5.75 Å². The second kappa shape index (κ2) is 4.62. The van der Waals surface area contributed by atoms with Crippen LogP contribution in [-0.4, -0.2) is 12.2 Å². The largest absolute Gasteiger partial charge is 0.497 e. The zero-order valence-electron chi connectivity index (χ0n) is 7.91. The zero-order chi connectivity index (χ0) is 10.6. The number of hydrogen-bond donors (Lipinski definition) is 2. The molecule has 0 aliphatic carbocycles. The lowest BCUT2D eigenvalue weighted by molar-refractivity contribution is 0.415. The molecule has 4 heteroatoms. The molecule has 0 aliphatic rings. The van der Waals surface area contributed by atoms with Gasteiger partial charge in [-0.2, -0.15) is 0 Å². The van der Waals surface area contributed by atoms with Crippen LogP contribution in [0.1, 0.15) is 5.56 Å². The van der Waals surface area contributed by atoms with Crippen LogP contribution < -0.4 is 15.8 Å². The Kier molecular flexibility index (Phi) is 3.48. The van der Waals surface area contributed by atoms with E-state index in [9.17, 15) is 0 Å². The van der Waals surface area contributed by atoms with Crippen molar-refractivity contribution in [1.29, 1.82) is 0 Å². The van der Waals surface area contributed by atoms with Crippen LogP contribution in [0.2, 0.25) is 0 Å². The van der Waals surface area contributed by atoms with E-state index in [0.717, 1.165) is 17.0 Å². The maximum Gasteiger partial charge on any atom is 0.168 e. The van der Waals surface area contributed by atoms with Gasteiger partial charge in [0.15, 0.2) is 5.11 Å². The normalized spacial score (nSPS) is 9.21. The van der Waals surface area contributed by atoms with Gasteiger partial charge in [-0.15, -0.1) is 0 Å². The van der Waals surface area contributed by atoms with E-state index in [1.54, 1.807) is 13.2 Å². The summed E-state index contributed by atoms with van der Waals surface area (Å²) in [7, 11) is 1.61. The highest BCUT2D eigenvalue weighted by atomic mass is 32.1. The Morgan fingerprint density at radius 1 is 1.64 bits per heavy atom. The van der Waals surface area contributed by atoms with E-state index in [1.165, 1.54) is 0 Å². The molecule has 74 valence electrons. The van der Waals surface area contributed by atoms with Crippen LogP contribution in [0.3, 0.4) is 0 Å². The van der Waals surface area contributed by atoms with E-state index in [0.29, 0.717) is 0 Å². The van der Waals surface area contributed by atoms with Crippen molar-refractivity contribution in [2.75, 3.05) is 12.4 Å². The quantitative estimate of drug-likeness (QED) is 0.746. The van der Waals surface area contributed by atoms with E-state index in [1.807, 2.05) is 18.2 Å². The van der Waals surface area contributed by atoms with Crippen LogP contribution in [0, 0.1) is 0 Å². The molecule has 0 heterocycles. The summed E-state index contributed by atoms with van der Waals surface area (Å²) in [6, 6.07) is 5.52. The average Bonchev–Trinajstić information content (AvgIpc) is 2.17. The van der Waals surface area contributed by atoms with Crippen LogP contribution >= 0.6 is 12.2 Å². The highest BCUT2D eigenvalue weighted by Gasteiger charge is 2.01. The van der Waals surface area contributed by atoms with Crippen LogP contribution in [0.4, 0.5) is 5.69 Å². The van der Waals surface area contributed by atoms with Gasteiger partial charge in [0.2, 0.25) is 0 Å². The molecular formula is C10H12N2OS. The number of thiocarbonyl (C=S) groups is 1. The second-order valence-electron chi connectivity index (χ2n) is 2.65. The highest BCUT2D eigenvalue weighted by molar-refractivity contribution is 7.80. The summed E-state index contributed by atoms with van der Waals surface area (Å²) in [5.41, 5.74) is 7.10. The lowest BCUT2D eigenvalue weighted by Crippen LogP contribution is -2.19. The van der Waals surface area contributed by atoms with E-state index < -0.39 is 0 Å². The molecule has 0 bridgehead atoms. The standard InChI is InChI=1S/C10H12N2OS/c1-3-7-6-8(13-2)4-5-9(7)12-10(11)14/h3-6H,1H2,2H3,(H3,11,12,14). The molecule has 0 unspecified atom stereocenters. The van der Waals surface area contributed by atoms with Gasteiger partial charge in [0.05, 0.1) is 7.11 Å². The van der Waals surface area contributed by atoms with Crippen molar-refractivity contribution < 1.29 is 4.74 Å². The highest BCUT2D eigenvalue weighted by Crippen LogP contribution is 2.22. The topological polar surface area (TPSA) is 47.3 Å². The van der Waals surface area contributed by atoms with Crippen molar-refractivity contribution in [2.45, 2.75) is 0 Å². The summed E-state index contributed by atoms with van der Waals surface area (Å²) in [6.07, 6.45) is 1.71. The minimum Gasteiger partial charge on any atom is -0.497 e. The predicted octanol–water partition coefficient (Wildman–Crippen LogP) is 1.99. The van der Waals surface area contributed by atoms with Crippen molar-refractivity contribution in [3.63, 3.8) is 0 Å². The Hall–Kier alpha value is -1.55. The minimum atomic E-state index is 0.235. The van der Waals surface area contributed by atoms with Gasteiger partial charge in [-0.3, -0.25) is 0 Å². The molecule has 0 saturated carbocycles. The third kappa shape index (κ3) is 2.47. The molecule has 14 heavy (non-hydrogen) atoms. The fourth-order valence-corrected chi connectivity index (χ4v) is 1.19. The summed E-state index contributed by atoms with van der Waals surface area (Å²) in [5.74, 6) is 0.772. The lowest BCUT2D eigenvalue weighted by Gasteiger charge is -2.09. The van der Waals surface area contributed by atoms with Crippen molar-refractivity contribution >= 4 is 29.1 Å². The fraction of sp³-hybridized carbons (Fsp3) is 0.100. The lowest BCUT2D eigenvalue weighted by atomic mass is 10.1. The maximum atomic E-state index is 5.37. The first-order valence-corrected chi connectivity index (χ1v) is 4.45. The monoisotopic (exact) mass is 208 g/mol. The maximum absolute atomic E-state index is 5.37. The third-order valence-corrected chi connectivity index (χ3v) is 1.84. The summed E-state index contributed by atoms with van der Waals surface area (Å²) < 4.78 is 5.08. The van der Waals surface area contributed by atoms with Gasteiger partial charge >= 0.3 is 0 Å². The summed E-state index contributed by atoms with van der Waals surface area (Å²) in [6.45, 7) is 3.69. The molecule has 0 spiro atoms. The summed E-state index contributed by atoms with van der Waals surface area (Å²) >= 11 is 4.75. The Bertz CT molecular complexity index is 363. The molecule has 1 aromatic carbocycles. The molecule has 0 radical (unpaired) electrons. The van der Waals surface area contributed by atoms with Gasteiger partial charge in [0.1, 0.15) is 5.75 Å². The number of hydrogen-bond acceptors (Lipinski definition) is 2. The Balaban J connectivity index is 3.04. The molecule has 1 rings (SSSR count). The van der Waals surface area contributed by atoms with E-state index >= 15 is 0 Å². The van der Waals surface area contributed by atoms with Crippen LogP contribution in [0.25, 0.3) is 6.08 Å². The molecule has 1 aromatic rings. The smallest absolute Gasteiger partial charge is 0.168 e. The van der Waals surface area contributed by atoms with Crippen molar-refractivity contribution in [3.05, 3.63) is 30.3 Å². The molecule has 3 N–H and O–H groups in total. The van der Waals surface area contributed by atoms with E-state index in [-0.39, 0.29) is 5.11 Å². The van der Waals surface area contributed by atoms with Crippen LogP contribution in [0.15, 0.2) is 24.8 Å². The molecule has 0 aromatic heterocycles. The van der Waals surface area contributed by atoms with Crippen molar-refractivity contribution in [1.82, 2.24) is 0 Å². The number of ether oxygens (including phenoxy) is 1. The average molecular weight is 208 g/mol. The molecule has 0 atom stereocenters. The summed E-state index contributed by atoms with van der Waals surface area (Å²) in [4.78, 5) is 0. The SMILES string of the molecule is C=Cc1cc(OC)ccc1NC(N)=S.